The maximum atomic E-state index is 13.2. The number of ether oxygens (including phenoxy) is 1. The first-order valence-corrected chi connectivity index (χ1v) is 6.01. The largest absolute Gasteiger partial charge is 0.465 e. The van der Waals surface area contributed by atoms with Crippen LogP contribution in [0.4, 0.5) is 8.78 Å². The summed E-state index contributed by atoms with van der Waals surface area (Å²) in [5, 5.41) is 0.0386. The smallest absolute Gasteiger partial charge is 0.383 e. The summed E-state index contributed by atoms with van der Waals surface area (Å²) in [6.07, 6.45) is 0. The zero-order valence-electron chi connectivity index (χ0n) is 9.99. The molecule has 4 nitrogen and oxygen atoms in total. The van der Waals surface area contributed by atoms with Crippen LogP contribution in [0.1, 0.15) is 16.1 Å². The molecule has 1 aromatic carbocycles. The zero-order chi connectivity index (χ0) is 14.9. The average molecular weight is 322 g/mol. The summed E-state index contributed by atoms with van der Waals surface area (Å²) in [4.78, 5) is 11.7. The van der Waals surface area contributed by atoms with Crippen molar-refractivity contribution in [2.45, 2.75) is 5.38 Å². The highest BCUT2D eigenvalue weighted by atomic mass is 35.5. The van der Waals surface area contributed by atoms with Crippen LogP contribution in [0.5, 0.6) is 0 Å². The molecule has 0 bridgehead atoms. The van der Waals surface area contributed by atoms with Gasteiger partial charge in [-0.3, -0.25) is 0 Å². The monoisotopic (exact) mass is 321 g/mol. The van der Waals surface area contributed by atoms with Crippen molar-refractivity contribution in [3.8, 4) is 11.3 Å². The van der Waals surface area contributed by atoms with Crippen LogP contribution >= 0.6 is 23.2 Å². The van der Waals surface area contributed by atoms with Gasteiger partial charge < -0.3 is 9.26 Å². The highest BCUT2D eigenvalue weighted by Crippen LogP contribution is 2.39. The van der Waals surface area contributed by atoms with Gasteiger partial charge in [-0.2, -0.15) is 8.78 Å². The molecule has 2 aromatic rings. The standard InChI is InChI=1S/C12H7Cl2F2NO3/c1-19-11(18)8-9(6-2-4-7(13)5-3-6)17-20-10(8)12(14,15)16/h2-5H,1H3. The summed E-state index contributed by atoms with van der Waals surface area (Å²) in [7, 11) is 1.05. The van der Waals surface area contributed by atoms with Gasteiger partial charge in [0.05, 0.1) is 7.11 Å². The summed E-state index contributed by atoms with van der Waals surface area (Å²) in [5.74, 6) is -2.08. The van der Waals surface area contributed by atoms with Gasteiger partial charge in [0, 0.05) is 10.6 Å². The Hall–Kier alpha value is -1.66. The lowest BCUT2D eigenvalue weighted by Crippen LogP contribution is -2.11. The SMILES string of the molecule is COC(=O)c1c(-c2ccc(Cl)cc2)noc1C(F)(F)Cl. The molecule has 8 heteroatoms. The van der Waals surface area contributed by atoms with Gasteiger partial charge in [-0.25, -0.2) is 4.79 Å². The van der Waals surface area contributed by atoms with Crippen molar-refractivity contribution in [3.05, 3.63) is 40.6 Å². The number of hydrogen-bond donors (Lipinski definition) is 0. The predicted molar refractivity (Wildman–Crippen MR) is 68.0 cm³/mol. The number of esters is 1. The van der Waals surface area contributed by atoms with Crippen LogP contribution in [0.15, 0.2) is 28.8 Å². The van der Waals surface area contributed by atoms with Crippen molar-refractivity contribution in [2.75, 3.05) is 7.11 Å². The van der Waals surface area contributed by atoms with E-state index < -0.39 is 22.7 Å². The topological polar surface area (TPSA) is 52.3 Å². The molecule has 106 valence electrons. The Labute approximate surface area is 122 Å². The average Bonchev–Trinajstić information content (AvgIpc) is 2.83. The van der Waals surface area contributed by atoms with E-state index in [4.69, 9.17) is 23.2 Å². The Morgan fingerprint density at radius 2 is 1.95 bits per heavy atom. The lowest BCUT2D eigenvalue weighted by molar-refractivity contribution is 0.0490. The second-order valence-electron chi connectivity index (χ2n) is 3.73. The number of carbonyl (C=O) groups excluding carboxylic acids is 1. The number of benzene rings is 1. The van der Waals surface area contributed by atoms with Gasteiger partial charge in [-0.1, -0.05) is 28.9 Å². The molecule has 0 aliphatic heterocycles. The number of aromatic nitrogens is 1. The van der Waals surface area contributed by atoms with Crippen LogP contribution in [-0.4, -0.2) is 18.2 Å². The van der Waals surface area contributed by atoms with Gasteiger partial charge >= 0.3 is 11.4 Å². The van der Waals surface area contributed by atoms with Gasteiger partial charge in [0.2, 0.25) is 5.76 Å². The van der Waals surface area contributed by atoms with E-state index in [0.29, 0.717) is 10.6 Å². The molecular weight excluding hydrogens is 315 g/mol. The van der Waals surface area contributed by atoms with Crippen molar-refractivity contribution in [3.63, 3.8) is 0 Å². The molecule has 20 heavy (non-hydrogen) atoms. The Bertz CT molecular complexity index is 635. The third kappa shape index (κ3) is 2.76. The van der Waals surface area contributed by atoms with Crippen LogP contribution in [0.25, 0.3) is 11.3 Å². The fraction of sp³-hybridized carbons (Fsp3) is 0.167. The minimum absolute atomic E-state index is 0.0937. The Kier molecular flexibility index (Phi) is 3.96. The first kappa shape index (κ1) is 14.7. The number of methoxy groups -OCH3 is 1. The van der Waals surface area contributed by atoms with E-state index in [1.54, 1.807) is 0 Å². The summed E-state index contributed by atoms with van der Waals surface area (Å²) < 4.78 is 35.4. The Balaban J connectivity index is 2.62. The van der Waals surface area contributed by atoms with Crippen LogP contribution in [0, 0.1) is 0 Å². The van der Waals surface area contributed by atoms with Crippen LogP contribution < -0.4 is 0 Å². The third-order valence-corrected chi connectivity index (χ3v) is 2.88. The first-order chi connectivity index (χ1) is 9.34. The summed E-state index contributed by atoms with van der Waals surface area (Å²) in [6.45, 7) is 0. The molecule has 0 saturated heterocycles. The van der Waals surface area contributed by atoms with E-state index in [0.717, 1.165) is 7.11 Å². The van der Waals surface area contributed by atoms with Crippen molar-refractivity contribution in [1.82, 2.24) is 5.16 Å². The second-order valence-corrected chi connectivity index (χ2v) is 4.64. The minimum Gasteiger partial charge on any atom is -0.465 e. The molecular formula is C12H7Cl2F2NO3. The van der Waals surface area contributed by atoms with Gasteiger partial charge in [0.1, 0.15) is 11.3 Å². The number of hydrogen-bond acceptors (Lipinski definition) is 4. The molecule has 0 N–H and O–H groups in total. The molecule has 1 aromatic heterocycles. The molecule has 1 heterocycles. The summed E-state index contributed by atoms with van der Waals surface area (Å²) >= 11 is 10.6. The van der Waals surface area contributed by atoms with Crippen molar-refractivity contribution >= 4 is 29.2 Å². The second kappa shape index (κ2) is 5.38. The molecule has 2 rings (SSSR count). The zero-order valence-corrected chi connectivity index (χ0v) is 11.5. The van der Waals surface area contributed by atoms with E-state index in [9.17, 15) is 13.6 Å². The molecule has 0 radical (unpaired) electrons. The van der Waals surface area contributed by atoms with E-state index in [1.165, 1.54) is 24.3 Å². The summed E-state index contributed by atoms with van der Waals surface area (Å²) in [6, 6.07) is 6.04. The third-order valence-electron chi connectivity index (χ3n) is 2.46. The lowest BCUT2D eigenvalue weighted by atomic mass is 10.1. The van der Waals surface area contributed by atoms with Gasteiger partial charge in [-0.05, 0) is 23.7 Å². The van der Waals surface area contributed by atoms with E-state index in [2.05, 4.69) is 14.4 Å². The highest BCUT2D eigenvalue weighted by molar-refractivity contribution is 6.30. The van der Waals surface area contributed by atoms with E-state index in [-0.39, 0.29) is 5.69 Å². The lowest BCUT2D eigenvalue weighted by Gasteiger charge is -2.06. The Morgan fingerprint density at radius 1 is 1.35 bits per heavy atom. The van der Waals surface area contributed by atoms with Crippen LogP contribution in [0.3, 0.4) is 0 Å². The maximum absolute atomic E-state index is 13.2. The van der Waals surface area contributed by atoms with E-state index >= 15 is 0 Å². The molecule has 0 unspecified atom stereocenters. The number of halogens is 4. The molecule has 0 spiro atoms. The van der Waals surface area contributed by atoms with Gasteiger partial charge in [0.25, 0.3) is 0 Å². The van der Waals surface area contributed by atoms with Crippen molar-refractivity contribution in [2.24, 2.45) is 0 Å². The van der Waals surface area contributed by atoms with Crippen LogP contribution in [0.2, 0.25) is 5.02 Å². The number of carbonyl (C=O) groups is 1. The molecule has 0 saturated carbocycles. The van der Waals surface area contributed by atoms with Crippen molar-refractivity contribution < 1.29 is 22.8 Å². The van der Waals surface area contributed by atoms with E-state index in [1.807, 2.05) is 0 Å². The Morgan fingerprint density at radius 3 is 2.45 bits per heavy atom. The number of rotatable bonds is 3. The van der Waals surface area contributed by atoms with Gasteiger partial charge in [0.15, 0.2) is 0 Å². The highest BCUT2D eigenvalue weighted by Gasteiger charge is 2.41. The molecule has 0 fully saturated rings. The van der Waals surface area contributed by atoms with Crippen molar-refractivity contribution in [1.29, 1.82) is 0 Å². The molecule has 0 aliphatic rings. The number of nitrogens with zero attached hydrogens (tertiary/aromatic N) is 1. The predicted octanol–water partition coefficient (Wildman–Crippen LogP) is 4.07. The minimum atomic E-state index is -3.87. The summed E-state index contributed by atoms with van der Waals surface area (Å²) in [5.41, 5.74) is -0.246. The molecule has 0 atom stereocenters. The first-order valence-electron chi connectivity index (χ1n) is 5.25. The fourth-order valence-electron chi connectivity index (χ4n) is 1.58. The number of alkyl halides is 3. The maximum Gasteiger partial charge on any atom is 0.383 e. The normalized spacial score (nSPS) is 11.4. The fourth-order valence-corrected chi connectivity index (χ4v) is 1.83. The quantitative estimate of drug-likeness (QED) is 0.631. The molecule has 0 amide bonds. The molecule has 0 aliphatic carbocycles. The van der Waals surface area contributed by atoms with Gasteiger partial charge in [-0.15, -0.1) is 0 Å². The van der Waals surface area contributed by atoms with Crippen LogP contribution in [-0.2, 0) is 10.1 Å².